The molecule has 1 aliphatic carbocycles. The molecule has 4 nitrogen and oxygen atoms in total. The van der Waals surface area contributed by atoms with Crippen molar-refractivity contribution in [2.45, 2.75) is 53.0 Å². The predicted octanol–water partition coefficient (Wildman–Crippen LogP) is 2.85. The minimum Gasteiger partial charge on any atom is -0.302 e. The highest BCUT2D eigenvalue weighted by Crippen LogP contribution is 2.34. The summed E-state index contributed by atoms with van der Waals surface area (Å²) in [5, 5.41) is 0.911. The van der Waals surface area contributed by atoms with E-state index in [0.717, 1.165) is 61.5 Å². The van der Waals surface area contributed by atoms with Crippen molar-refractivity contribution in [2.24, 2.45) is 0 Å². The van der Waals surface area contributed by atoms with Crippen LogP contribution >= 0.6 is 11.3 Å². The second kappa shape index (κ2) is 6.50. The Labute approximate surface area is 135 Å². The molecule has 0 atom stereocenters. The highest BCUT2D eigenvalue weighted by atomic mass is 32.1. The summed E-state index contributed by atoms with van der Waals surface area (Å²) >= 11 is 1.74. The fraction of sp³-hybridized carbons (Fsp3) is 0.647. The Morgan fingerprint density at radius 1 is 1.23 bits per heavy atom. The Morgan fingerprint density at radius 2 is 2.00 bits per heavy atom. The number of hydrogen-bond donors (Lipinski definition) is 0. The fourth-order valence-corrected chi connectivity index (χ4v) is 4.67. The van der Waals surface area contributed by atoms with Crippen LogP contribution in [-0.4, -0.2) is 34.1 Å². The zero-order chi connectivity index (χ0) is 15.7. The first-order valence-electron chi connectivity index (χ1n) is 8.45. The SMILES string of the molecule is CCc1nc2sc3c(c2c(=O)n1CCN(CC)CC)CCC3. The summed E-state index contributed by atoms with van der Waals surface area (Å²) in [6.07, 6.45) is 4.17. The first-order chi connectivity index (χ1) is 10.7. The number of rotatable bonds is 6. The van der Waals surface area contributed by atoms with Gasteiger partial charge in [-0.25, -0.2) is 4.98 Å². The Kier molecular flexibility index (Phi) is 4.64. The van der Waals surface area contributed by atoms with Crippen molar-refractivity contribution in [1.29, 1.82) is 0 Å². The maximum atomic E-state index is 13.0. The molecule has 0 bridgehead atoms. The second-order valence-electron chi connectivity index (χ2n) is 5.90. The third-order valence-corrected chi connectivity index (χ3v) is 5.94. The van der Waals surface area contributed by atoms with E-state index in [4.69, 9.17) is 4.98 Å². The molecule has 0 amide bonds. The number of thiophene rings is 1. The van der Waals surface area contributed by atoms with Crippen LogP contribution in [0.5, 0.6) is 0 Å². The average molecular weight is 319 g/mol. The minimum atomic E-state index is 0.188. The van der Waals surface area contributed by atoms with Crippen LogP contribution < -0.4 is 5.56 Å². The molecule has 1 aliphatic rings. The van der Waals surface area contributed by atoms with Gasteiger partial charge in [0.25, 0.3) is 5.56 Å². The number of likely N-dealkylation sites (N-methyl/N-ethyl adjacent to an activating group) is 1. The molecule has 0 unspecified atom stereocenters. The van der Waals surface area contributed by atoms with Crippen LogP contribution in [0.4, 0.5) is 0 Å². The molecule has 0 N–H and O–H groups in total. The molecule has 5 heteroatoms. The van der Waals surface area contributed by atoms with Crippen molar-refractivity contribution in [3.8, 4) is 0 Å². The van der Waals surface area contributed by atoms with Crippen molar-refractivity contribution in [3.63, 3.8) is 0 Å². The number of hydrogen-bond acceptors (Lipinski definition) is 4. The van der Waals surface area contributed by atoms with Crippen molar-refractivity contribution in [2.75, 3.05) is 19.6 Å². The van der Waals surface area contributed by atoms with Gasteiger partial charge in [0.05, 0.1) is 5.39 Å². The summed E-state index contributed by atoms with van der Waals surface area (Å²) in [6, 6.07) is 0. The largest absolute Gasteiger partial charge is 0.302 e. The molecule has 2 aromatic heterocycles. The van der Waals surface area contributed by atoms with E-state index in [0.29, 0.717) is 0 Å². The lowest BCUT2D eigenvalue weighted by atomic mass is 10.2. The Morgan fingerprint density at radius 3 is 2.68 bits per heavy atom. The molecule has 0 aromatic carbocycles. The molecule has 120 valence electrons. The number of fused-ring (bicyclic) bond motifs is 3. The van der Waals surface area contributed by atoms with Crippen LogP contribution in [0.15, 0.2) is 4.79 Å². The van der Waals surface area contributed by atoms with E-state index in [1.165, 1.54) is 16.9 Å². The van der Waals surface area contributed by atoms with Crippen LogP contribution in [0.25, 0.3) is 10.2 Å². The van der Waals surface area contributed by atoms with Crippen LogP contribution in [0.1, 0.15) is 43.5 Å². The van der Waals surface area contributed by atoms with Gasteiger partial charge in [-0.3, -0.25) is 9.36 Å². The van der Waals surface area contributed by atoms with Crippen molar-refractivity contribution >= 4 is 21.6 Å². The van der Waals surface area contributed by atoms with Gasteiger partial charge < -0.3 is 4.90 Å². The highest BCUT2D eigenvalue weighted by molar-refractivity contribution is 7.18. The fourth-order valence-electron chi connectivity index (χ4n) is 3.40. The summed E-state index contributed by atoms with van der Waals surface area (Å²) < 4.78 is 1.92. The van der Waals surface area contributed by atoms with E-state index < -0.39 is 0 Å². The number of nitrogens with zero attached hydrogens (tertiary/aromatic N) is 3. The first-order valence-corrected chi connectivity index (χ1v) is 9.27. The van der Waals surface area contributed by atoms with Gasteiger partial charge >= 0.3 is 0 Å². The summed E-state index contributed by atoms with van der Waals surface area (Å²) in [5.74, 6) is 0.935. The molecular weight excluding hydrogens is 294 g/mol. The normalized spacial score (nSPS) is 14.2. The van der Waals surface area contributed by atoms with E-state index in [1.807, 2.05) is 4.57 Å². The van der Waals surface area contributed by atoms with Gasteiger partial charge in [0, 0.05) is 24.4 Å². The highest BCUT2D eigenvalue weighted by Gasteiger charge is 2.22. The van der Waals surface area contributed by atoms with E-state index >= 15 is 0 Å². The molecule has 0 aliphatic heterocycles. The van der Waals surface area contributed by atoms with Gasteiger partial charge in [0.2, 0.25) is 0 Å². The molecule has 0 spiro atoms. The first kappa shape index (κ1) is 15.7. The summed E-state index contributed by atoms with van der Waals surface area (Å²) in [4.78, 5) is 22.6. The molecule has 0 radical (unpaired) electrons. The average Bonchev–Trinajstić information content (AvgIpc) is 3.09. The Balaban J connectivity index is 2.04. The Hall–Kier alpha value is -1.20. The van der Waals surface area contributed by atoms with Gasteiger partial charge in [-0.15, -0.1) is 11.3 Å². The molecule has 0 fully saturated rings. The van der Waals surface area contributed by atoms with Gasteiger partial charge in [-0.2, -0.15) is 0 Å². The molecule has 0 saturated carbocycles. The molecule has 22 heavy (non-hydrogen) atoms. The summed E-state index contributed by atoms with van der Waals surface area (Å²) in [7, 11) is 0. The Bertz CT molecular complexity index is 728. The monoisotopic (exact) mass is 319 g/mol. The third kappa shape index (κ3) is 2.61. The molecule has 2 aromatic rings. The quantitative estimate of drug-likeness (QED) is 0.822. The lowest BCUT2D eigenvalue weighted by molar-refractivity contribution is 0.287. The van der Waals surface area contributed by atoms with E-state index in [2.05, 4.69) is 25.7 Å². The lowest BCUT2D eigenvalue weighted by Gasteiger charge is -2.19. The van der Waals surface area contributed by atoms with E-state index in [-0.39, 0.29) is 5.56 Å². The molecule has 2 heterocycles. The van der Waals surface area contributed by atoms with Crippen molar-refractivity contribution < 1.29 is 0 Å². The van der Waals surface area contributed by atoms with Crippen molar-refractivity contribution in [3.05, 3.63) is 26.6 Å². The summed E-state index contributed by atoms with van der Waals surface area (Å²) in [5.41, 5.74) is 1.48. The second-order valence-corrected chi connectivity index (χ2v) is 6.99. The molecule has 3 rings (SSSR count). The zero-order valence-electron chi connectivity index (χ0n) is 13.8. The van der Waals surface area contributed by atoms with E-state index in [1.54, 1.807) is 11.3 Å². The summed E-state index contributed by atoms with van der Waals surface area (Å²) in [6.45, 7) is 10.1. The van der Waals surface area contributed by atoms with Gasteiger partial charge in [0.15, 0.2) is 0 Å². The van der Waals surface area contributed by atoms with Crippen LogP contribution in [0.2, 0.25) is 0 Å². The van der Waals surface area contributed by atoms with Crippen LogP contribution in [0, 0.1) is 0 Å². The van der Waals surface area contributed by atoms with Crippen LogP contribution in [-0.2, 0) is 25.8 Å². The molecule has 0 saturated heterocycles. The smallest absolute Gasteiger partial charge is 0.262 e. The predicted molar refractivity (Wildman–Crippen MR) is 93.1 cm³/mol. The maximum absolute atomic E-state index is 13.0. The number of aryl methyl sites for hydroxylation is 3. The lowest BCUT2D eigenvalue weighted by Crippen LogP contribution is -2.33. The number of aromatic nitrogens is 2. The maximum Gasteiger partial charge on any atom is 0.262 e. The van der Waals surface area contributed by atoms with Crippen molar-refractivity contribution in [1.82, 2.24) is 14.5 Å². The van der Waals surface area contributed by atoms with Crippen LogP contribution in [0.3, 0.4) is 0 Å². The van der Waals surface area contributed by atoms with Gasteiger partial charge in [-0.05, 0) is 37.9 Å². The van der Waals surface area contributed by atoms with E-state index in [9.17, 15) is 4.79 Å². The van der Waals surface area contributed by atoms with Gasteiger partial charge in [0.1, 0.15) is 10.7 Å². The topological polar surface area (TPSA) is 38.1 Å². The molecular formula is C17H25N3OS. The standard InChI is InChI=1S/C17H25N3OS/c1-4-14-18-16-15(12-8-7-9-13(12)22-16)17(21)20(14)11-10-19(5-2)6-3/h4-11H2,1-3H3. The third-order valence-electron chi connectivity index (χ3n) is 4.75. The zero-order valence-corrected chi connectivity index (χ0v) is 14.6. The minimum absolute atomic E-state index is 0.188. The van der Waals surface area contributed by atoms with Gasteiger partial charge in [-0.1, -0.05) is 20.8 Å².